The smallest absolute Gasteiger partial charge is 0.373 e. The minimum absolute atomic E-state index is 0.0152. The van der Waals surface area contributed by atoms with Crippen LogP contribution in [-0.4, -0.2) is 42.4 Å². The van der Waals surface area contributed by atoms with E-state index < -0.39 is 17.9 Å². The fourth-order valence-corrected chi connectivity index (χ4v) is 3.43. The lowest BCUT2D eigenvalue weighted by atomic mass is 10.1. The molecule has 4 rings (SSSR count). The number of anilines is 1. The molecule has 1 saturated heterocycles. The summed E-state index contributed by atoms with van der Waals surface area (Å²) in [4.78, 5) is 50.0. The van der Waals surface area contributed by atoms with E-state index in [-0.39, 0.29) is 36.3 Å². The van der Waals surface area contributed by atoms with Crippen LogP contribution in [0.15, 0.2) is 70.8 Å². The number of para-hydroxylation sites is 1. The highest BCUT2D eigenvalue weighted by Crippen LogP contribution is 2.24. The zero-order chi connectivity index (χ0) is 25.7. The van der Waals surface area contributed by atoms with Crippen molar-refractivity contribution in [1.29, 1.82) is 0 Å². The standard InChI is InChI=1S/C25H20ClN3O7/c1-34-24(32)21-11-10-18(36-21)13-29-23(31)19(28-25(29)33)12-15-4-2-3-5-20(15)35-14-22(30)27-17-8-6-16(26)7-9-17/h2-12H,13-14H2,1H3,(H,27,30)(H,28,33)/b19-12-. The largest absolute Gasteiger partial charge is 0.483 e. The van der Waals surface area contributed by atoms with Crippen molar-refractivity contribution in [3.8, 4) is 5.75 Å². The summed E-state index contributed by atoms with van der Waals surface area (Å²) in [7, 11) is 1.21. The van der Waals surface area contributed by atoms with Crippen molar-refractivity contribution in [2.45, 2.75) is 6.54 Å². The molecule has 0 saturated carbocycles. The Labute approximate surface area is 210 Å². The average molecular weight is 510 g/mol. The van der Waals surface area contributed by atoms with Crippen LogP contribution in [0.5, 0.6) is 5.75 Å². The third-order valence-corrected chi connectivity index (χ3v) is 5.28. The molecule has 2 N–H and O–H groups in total. The first kappa shape index (κ1) is 24.6. The molecular weight excluding hydrogens is 490 g/mol. The number of furan rings is 1. The van der Waals surface area contributed by atoms with Gasteiger partial charge in [-0.25, -0.2) is 9.59 Å². The van der Waals surface area contributed by atoms with Crippen molar-refractivity contribution in [2.75, 3.05) is 19.0 Å². The number of amides is 4. The van der Waals surface area contributed by atoms with E-state index in [1.807, 2.05) is 0 Å². The monoisotopic (exact) mass is 509 g/mol. The SMILES string of the molecule is COC(=O)c1ccc(CN2C(=O)N/C(=C\c3ccccc3OCC(=O)Nc3ccc(Cl)cc3)C2=O)o1. The second kappa shape index (κ2) is 10.8. The van der Waals surface area contributed by atoms with Gasteiger partial charge in [-0.05, 0) is 48.5 Å². The number of halogens is 1. The molecule has 1 aliphatic heterocycles. The predicted molar refractivity (Wildman–Crippen MR) is 129 cm³/mol. The molecule has 0 radical (unpaired) electrons. The number of hydrogen-bond acceptors (Lipinski definition) is 7. The molecule has 1 aromatic heterocycles. The van der Waals surface area contributed by atoms with Crippen LogP contribution in [0.4, 0.5) is 10.5 Å². The number of hydrogen-bond donors (Lipinski definition) is 2. The van der Waals surface area contributed by atoms with Crippen molar-refractivity contribution in [1.82, 2.24) is 10.2 Å². The fraction of sp³-hybridized carbons (Fsp3) is 0.120. The van der Waals surface area contributed by atoms with E-state index in [9.17, 15) is 19.2 Å². The Balaban J connectivity index is 1.42. The number of carbonyl (C=O) groups is 4. The maximum absolute atomic E-state index is 12.9. The normalized spacial score (nSPS) is 14.1. The molecule has 4 amide bonds. The molecule has 0 unspecified atom stereocenters. The van der Waals surface area contributed by atoms with Gasteiger partial charge in [0.05, 0.1) is 13.7 Å². The van der Waals surface area contributed by atoms with Gasteiger partial charge in [-0.3, -0.25) is 14.5 Å². The van der Waals surface area contributed by atoms with Crippen molar-refractivity contribution in [3.63, 3.8) is 0 Å². The van der Waals surface area contributed by atoms with Gasteiger partial charge < -0.3 is 24.5 Å². The van der Waals surface area contributed by atoms with Crippen LogP contribution in [-0.2, 0) is 20.9 Å². The van der Waals surface area contributed by atoms with E-state index in [1.54, 1.807) is 48.5 Å². The Bertz CT molecular complexity index is 1350. The van der Waals surface area contributed by atoms with Crippen molar-refractivity contribution in [2.24, 2.45) is 0 Å². The Kier molecular flexibility index (Phi) is 7.36. The van der Waals surface area contributed by atoms with Gasteiger partial charge in [0.25, 0.3) is 11.8 Å². The summed E-state index contributed by atoms with van der Waals surface area (Å²) in [6, 6.07) is 15.6. The fourth-order valence-electron chi connectivity index (χ4n) is 3.30. The Hall–Kier alpha value is -4.57. The maximum atomic E-state index is 12.9. The predicted octanol–water partition coefficient (Wildman–Crippen LogP) is 3.83. The summed E-state index contributed by atoms with van der Waals surface area (Å²) >= 11 is 5.85. The highest BCUT2D eigenvalue weighted by molar-refractivity contribution is 6.30. The maximum Gasteiger partial charge on any atom is 0.373 e. The van der Waals surface area contributed by atoms with E-state index in [4.69, 9.17) is 20.8 Å². The van der Waals surface area contributed by atoms with Crippen LogP contribution in [0, 0.1) is 0 Å². The lowest BCUT2D eigenvalue weighted by Gasteiger charge is -2.10. The summed E-state index contributed by atoms with van der Waals surface area (Å²) in [5, 5.41) is 5.75. The van der Waals surface area contributed by atoms with Crippen LogP contribution < -0.4 is 15.4 Å². The lowest BCUT2D eigenvalue weighted by Crippen LogP contribution is -2.30. The number of carbonyl (C=O) groups excluding carboxylic acids is 4. The topological polar surface area (TPSA) is 127 Å². The first-order valence-corrected chi connectivity index (χ1v) is 11.0. The first-order chi connectivity index (χ1) is 17.3. The van der Waals surface area contributed by atoms with Crippen LogP contribution >= 0.6 is 11.6 Å². The molecular formula is C25H20ClN3O7. The Morgan fingerprint density at radius 2 is 1.83 bits per heavy atom. The molecule has 11 heteroatoms. The van der Waals surface area contributed by atoms with E-state index in [2.05, 4.69) is 15.4 Å². The molecule has 36 heavy (non-hydrogen) atoms. The third kappa shape index (κ3) is 5.73. The summed E-state index contributed by atoms with van der Waals surface area (Å²) in [5.41, 5.74) is 1.06. The molecule has 0 spiro atoms. The zero-order valence-corrected chi connectivity index (χ0v) is 19.7. The van der Waals surface area contributed by atoms with Gasteiger partial charge in [0, 0.05) is 16.3 Å². The Morgan fingerprint density at radius 1 is 1.08 bits per heavy atom. The third-order valence-electron chi connectivity index (χ3n) is 5.03. The second-order valence-corrected chi connectivity index (χ2v) is 7.96. The van der Waals surface area contributed by atoms with E-state index >= 15 is 0 Å². The molecule has 0 atom stereocenters. The molecule has 3 aromatic rings. The number of ether oxygens (including phenoxy) is 2. The van der Waals surface area contributed by atoms with Crippen LogP contribution in [0.3, 0.4) is 0 Å². The number of urea groups is 1. The number of benzene rings is 2. The summed E-state index contributed by atoms with van der Waals surface area (Å²) in [6.45, 7) is -0.460. The van der Waals surface area contributed by atoms with Gasteiger partial charge in [-0.1, -0.05) is 29.8 Å². The van der Waals surface area contributed by atoms with E-state index in [0.29, 0.717) is 22.0 Å². The quantitative estimate of drug-likeness (QED) is 0.268. The molecule has 1 fully saturated rings. The number of imide groups is 1. The molecule has 0 aliphatic carbocycles. The molecule has 2 aromatic carbocycles. The second-order valence-electron chi connectivity index (χ2n) is 7.52. The van der Waals surface area contributed by atoms with Crippen LogP contribution in [0.1, 0.15) is 21.9 Å². The highest BCUT2D eigenvalue weighted by atomic mass is 35.5. The van der Waals surface area contributed by atoms with Crippen LogP contribution in [0.25, 0.3) is 6.08 Å². The first-order valence-electron chi connectivity index (χ1n) is 10.6. The van der Waals surface area contributed by atoms with Gasteiger partial charge in [0.1, 0.15) is 17.2 Å². The number of nitrogens with one attached hydrogen (secondary N) is 2. The Morgan fingerprint density at radius 3 is 2.58 bits per heavy atom. The summed E-state index contributed by atoms with van der Waals surface area (Å²) in [5.74, 6) is -1.12. The summed E-state index contributed by atoms with van der Waals surface area (Å²) < 4.78 is 15.6. The zero-order valence-electron chi connectivity index (χ0n) is 18.9. The van der Waals surface area contributed by atoms with Gasteiger partial charge in [0.2, 0.25) is 5.76 Å². The van der Waals surface area contributed by atoms with Crippen molar-refractivity contribution >= 4 is 47.2 Å². The number of nitrogens with zero attached hydrogens (tertiary/aromatic N) is 1. The van der Waals surface area contributed by atoms with Gasteiger partial charge in [-0.15, -0.1) is 0 Å². The number of methoxy groups -OCH3 is 1. The average Bonchev–Trinajstić information content (AvgIpc) is 3.45. The lowest BCUT2D eigenvalue weighted by molar-refractivity contribution is -0.123. The number of esters is 1. The van der Waals surface area contributed by atoms with Gasteiger partial charge in [0.15, 0.2) is 6.61 Å². The van der Waals surface area contributed by atoms with Gasteiger partial charge >= 0.3 is 12.0 Å². The molecule has 1 aliphatic rings. The molecule has 2 heterocycles. The van der Waals surface area contributed by atoms with Crippen LogP contribution in [0.2, 0.25) is 5.02 Å². The summed E-state index contributed by atoms with van der Waals surface area (Å²) in [6.07, 6.45) is 1.45. The molecule has 184 valence electrons. The van der Waals surface area contributed by atoms with Crippen molar-refractivity contribution in [3.05, 3.63) is 88.5 Å². The van der Waals surface area contributed by atoms with E-state index in [0.717, 1.165) is 4.90 Å². The van der Waals surface area contributed by atoms with E-state index in [1.165, 1.54) is 25.3 Å². The van der Waals surface area contributed by atoms with Gasteiger partial charge in [-0.2, -0.15) is 0 Å². The molecule has 10 nitrogen and oxygen atoms in total. The van der Waals surface area contributed by atoms with Crippen molar-refractivity contribution < 1.29 is 33.1 Å². The molecule has 0 bridgehead atoms. The number of rotatable bonds is 8. The highest BCUT2D eigenvalue weighted by Gasteiger charge is 2.34. The minimum atomic E-state index is -0.669. The minimum Gasteiger partial charge on any atom is -0.483 e.